The molecule has 2 heterocycles. The quantitative estimate of drug-likeness (QED) is 0.764. The average Bonchev–Trinajstić information content (AvgIpc) is 2.14. The highest BCUT2D eigenvalue weighted by molar-refractivity contribution is 7.99. The first kappa shape index (κ1) is 11.3. The van der Waals surface area contributed by atoms with Gasteiger partial charge in [-0.25, -0.2) is 4.98 Å². The highest BCUT2D eigenvalue weighted by Crippen LogP contribution is 2.27. The normalized spacial score (nSPS) is 15.1. The largest absolute Gasteiger partial charge is 0.338 e. The van der Waals surface area contributed by atoms with Crippen LogP contribution in [0.1, 0.15) is 16.8 Å². The molecule has 0 unspecified atom stereocenters. The second-order valence-corrected chi connectivity index (χ2v) is 4.36. The van der Waals surface area contributed by atoms with Crippen LogP contribution in [0.5, 0.6) is 0 Å². The average molecular weight is 244 g/mol. The molecule has 0 aliphatic carbocycles. The van der Waals surface area contributed by atoms with E-state index in [1.165, 1.54) is 6.20 Å². The molecule has 0 radical (unpaired) electrons. The summed E-state index contributed by atoms with van der Waals surface area (Å²) in [6.45, 7) is 1.40. The van der Waals surface area contributed by atoms with Crippen molar-refractivity contribution in [3.8, 4) is 0 Å². The van der Waals surface area contributed by atoms with Gasteiger partial charge >= 0.3 is 0 Å². The van der Waals surface area contributed by atoms with Crippen molar-refractivity contribution in [3.05, 3.63) is 23.9 Å². The zero-order valence-electron chi connectivity index (χ0n) is 8.40. The summed E-state index contributed by atoms with van der Waals surface area (Å²) in [6.07, 6.45) is 2.39. The lowest BCUT2D eigenvalue weighted by molar-refractivity contribution is 0.0647. The van der Waals surface area contributed by atoms with Crippen molar-refractivity contribution < 1.29 is 13.6 Å². The first-order valence-corrected chi connectivity index (χ1v) is 5.75. The van der Waals surface area contributed by atoms with Gasteiger partial charge in [-0.05, 0) is 30.3 Å². The van der Waals surface area contributed by atoms with E-state index in [9.17, 15) is 13.6 Å². The first-order valence-electron chi connectivity index (χ1n) is 4.87. The number of aromatic nitrogens is 1. The molecule has 86 valence electrons. The Kier molecular flexibility index (Phi) is 3.38. The molecule has 6 heteroatoms. The van der Waals surface area contributed by atoms with Crippen molar-refractivity contribution in [2.45, 2.75) is 17.2 Å². The summed E-state index contributed by atoms with van der Waals surface area (Å²) in [5.74, 6) is -2.76. The zero-order chi connectivity index (χ0) is 11.5. The summed E-state index contributed by atoms with van der Waals surface area (Å²) >= 11 is 0.313. The van der Waals surface area contributed by atoms with Crippen LogP contribution in [0.2, 0.25) is 0 Å². The van der Waals surface area contributed by atoms with Crippen LogP contribution in [0.4, 0.5) is 8.78 Å². The van der Waals surface area contributed by atoms with Crippen LogP contribution in [0.3, 0.4) is 0 Å². The summed E-state index contributed by atoms with van der Waals surface area (Å²) in [4.78, 5) is 17.3. The number of rotatable bonds is 3. The third-order valence-electron chi connectivity index (χ3n) is 2.35. The number of alkyl halides is 2. The maximum absolute atomic E-state index is 12.3. The number of hydrogen-bond donors (Lipinski definition) is 0. The number of carbonyl (C=O) groups excluding carboxylic acids is 1. The standard InChI is InChI=1S/C10H10F2N2OS/c11-10(12)16-8-7(3-1-4-13-8)9(15)14-5-2-6-14/h1,3-4,10H,2,5-6H2. The number of likely N-dealkylation sites (tertiary alicyclic amines) is 1. The second kappa shape index (κ2) is 4.78. The Balaban J connectivity index is 2.21. The molecule has 1 aliphatic rings. The smallest absolute Gasteiger partial charge is 0.290 e. The van der Waals surface area contributed by atoms with E-state index in [0.29, 0.717) is 24.9 Å². The fourth-order valence-corrected chi connectivity index (χ4v) is 1.99. The van der Waals surface area contributed by atoms with Gasteiger partial charge in [-0.2, -0.15) is 8.78 Å². The molecular formula is C10H10F2N2OS. The molecule has 1 aliphatic heterocycles. The number of carbonyl (C=O) groups is 1. The van der Waals surface area contributed by atoms with E-state index in [4.69, 9.17) is 0 Å². The van der Waals surface area contributed by atoms with Crippen LogP contribution in [0.25, 0.3) is 0 Å². The van der Waals surface area contributed by atoms with E-state index in [0.717, 1.165) is 6.42 Å². The third kappa shape index (κ3) is 2.32. The predicted octanol–water partition coefficient (Wildman–Crippen LogP) is 2.24. The Labute approximate surface area is 95.8 Å². The molecule has 16 heavy (non-hydrogen) atoms. The van der Waals surface area contributed by atoms with Gasteiger partial charge in [0.2, 0.25) is 0 Å². The Morgan fingerprint density at radius 1 is 1.50 bits per heavy atom. The van der Waals surface area contributed by atoms with Gasteiger partial charge in [-0.1, -0.05) is 0 Å². The lowest BCUT2D eigenvalue weighted by Gasteiger charge is -2.31. The van der Waals surface area contributed by atoms with Crippen LogP contribution >= 0.6 is 11.8 Å². The van der Waals surface area contributed by atoms with Crippen LogP contribution in [-0.4, -0.2) is 34.6 Å². The highest BCUT2D eigenvalue weighted by atomic mass is 32.2. The molecule has 1 saturated heterocycles. The fourth-order valence-electron chi connectivity index (χ4n) is 1.42. The van der Waals surface area contributed by atoms with Crippen molar-refractivity contribution >= 4 is 17.7 Å². The Morgan fingerprint density at radius 2 is 2.25 bits per heavy atom. The molecule has 1 aromatic rings. The van der Waals surface area contributed by atoms with Gasteiger partial charge in [0.1, 0.15) is 5.03 Å². The Hall–Kier alpha value is -1.17. The molecule has 0 saturated carbocycles. The molecule has 0 atom stereocenters. The molecule has 0 spiro atoms. The van der Waals surface area contributed by atoms with Gasteiger partial charge in [0.15, 0.2) is 0 Å². The van der Waals surface area contributed by atoms with Gasteiger partial charge in [0.25, 0.3) is 11.7 Å². The van der Waals surface area contributed by atoms with Crippen molar-refractivity contribution in [2.75, 3.05) is 13.1 Å². The van der Waals surface area contributed by atoms with Crippen LogP contribution in [0.15, 0.2) is 23.4 Å². The summed E-state index contributed by atoms with van der Waals surface area (Å²) in [6, 6.07) is 3.13. The van der Waals surface area contributed by atoms with E-state index < -0.39 is 5.76 Å². The van der Waals surface area contributed by atoms with E-state index >= 15 is 0 Å². The molecule has 0 aromatic carbocycles. The van der Waals surface area contributed by atoms with Crippen molar-refractivity contribution in [2.24, 2.45) is 0 Å². The van der Waals surface area contributed by atoms with Crippen molar-refractivity contribution in [1.82, 2.24) is 9.88 Å². The SMILES string of the molecule is O=C(c1cccnc1SC(F)F)N1CCC1. The molecule has 1 aromatic heterocycles. The van der Waals surface area contributed by atoms with Crippen LogP contribution in [-0.2, 0) is 0 Å². The van der Waals surface area contributed by atoms with Gasteiger partial charge < -0.3 is 4.90 Å². The molecule has 3 nitrogen and oxygen atoms in total. The van der Waals surface area contributed by atoms with Crippen LogP contribution < -0.4 is 0 Å². The molecule has 0 bridgehead atoms. The lowest BCUT2D eigenvalue weighted by Crippen LogP contribution is -2.42. The number of hydrogen-bond acceptors (Lipinski definition) is 3. The van der Waals surface area contributed by atoms with E-state index in [2.05, 4.69) is 4.98 Å². The minimum atomic E-state index is -2.56. The summed E-state index contributed by atoms with van der Waals surface area (Å²) in [5, 5.41) is 0.106. The van der Waals surface area contributed by atoms with E-state index in [-0.39, 0.29) is 16.5 Å². The van der Waals surface area contributed by atoms with Crippen LogP contribution in [0, 0.1) is 0 Å². The highest BCUT2D eigenvalue weighted by Gasteiger charge is 2.25. The molecular weight excluding hydrogens is 234 g/mol. The zero-order valence-corrected chi connectivity index (χ0v) is 9.21. The third-order valence-corrected chi connectivity index (χ3v) is 3.07. The second-order valence-electron chi connectivity index (χ2n) is 3.38. The Bertz CT molecular complexity index is 396. The number of amides is 1. The minimum Gasteiger partial charge on any atom is -0.338 e. The predicted molar refractivity (Wildman–Crippen MR) is 56.6 cm³/mol. The number of nitrogens with zero attached hydrogens (tertiary/aromatic N) is 2. The fraction of sp³-hybridized carbons (Fsp3) is 0.400. The summed E-state index contributed by atoms with van der Waals surface area (Å²) in [7, 11) is 0. The minimum absolute atomic E-state index is 0.106. The topological polar surface area (TPSA) is 33.2 Å². The molecule has 1 fully saturated rings. The summed E-state index contributed by atoms with van der Waals surface area (Å²) < 4.78 is 24.5. The number of halogens is 2. The number of pyridine rings is 1. The lowest BCUT2D eigenvalue weighted by atomic mass is 10.1. The van der Waals surface area contributed by atoms with Gasteiger partial charge in [-0.15, -0.1) is 0 Å². The maximum atomic E-state index is 12.3. The Morgan fingerprint density at radius 3 is 2.81 bits per heavy atom. The number of thioether (sulfide) groups is 1. The maximum Gasteiger partial charge on any atom is 0.290 e. The molecule has 2 rings (SSSR count). The van der Waals surface area contributed by atoms with Crippen molar-refractivity contribution in [1.29, 1.82) is 0 Å². The summed E-state index contributed by atoms with van der Waals surface area (Å²) in [5.41, 5.74) is 0.271. The van der Waals surface area contributed by atoms with E-state index in [1.807, 2.05) is 0 Å². The van der Waals surface area contributed by atoms with Crippen molar-refractivity contribution in [3.63, 3.8) is 0 Å². The first-order chi connectivity index (χ1) is 7.68. The monoisotopic (exact) mass is 244 g/mol. The van der Waals surface area contributed by atoms with Gasteiger partial charge in [-0.3, -0.25) is 4.79 Å². The van der Waals surface area contributed by atoms with Gasteiger partial charge in [0, 0.05) is 19.3 Å². The molecule has 1 amide bonds. The van der Waals surface area contributed by atoms with E-state index in [1.54, 1.807) is 17.0 Å². The van der Waals surface area contributed by atoms with Gasteiger partial charge in [0.05, 0.1) is 5.56 Å². The molecule has 0 N–H and O–H groups in total.